The Morgan fingerprint density at radius 1 is 0.949 bits per heavy atom. The van der Waals surface area contributed by atoms with E-state index in [0.29, 0.717) is 12.1 Å². The van der Waals surface area contributed by atoms with E-state index in [1.807, 2.05) is 42.5 Å². The molecule has 1 heterocycles. The molecule has 0 spiro atoms. The normalized spacial score (nSPS) is 12.6. The number of halogens is 2. The first-order valence-electron chi connectivity index (χ1n) is 12.7. The molecule has 2 atom stereocenters. The van der Waals surface area contributed by atoms with Crippen molar-refractivity contribution in [3.63, 3.8) is 0 Å². The maximum atomic E-state index is 13.7. The van der Waals surface area contributed by atoms with Gasteiger partial charge in [-0.25, -0.2) is 13.6 Å². The fourth-order valence-corrected chi connectivity index (χ4v) is 4.08. The van der Waals surface area contributed by atoms with Gasteiger partial charge in [0.1, 0.15) is 24.3 Å². The second kappa shape index (κ2) is 13.6. The summed E-state index contributed by atoms with van der Waals surface area (Å²) < 4.78 is 43.9. The standard InChI is InChI=1S/C30H31F2N3O4/c1-2-20-9-6-10-22(11-20)17-34-18-28(26(33)14-23-12-24(31)15-25(32)13-23)38-30(36)27-16-29(35-39-27)37-19-21-7-4-3-5-8-21/h3-13,15-16,26,28,34H,2,14,17-19,33H2,1H3. The molecule has 39 heavy (non-hydrogen) atoms. The van der Waals surface area contributed by atoms with Crippen LogP contribution in [0.2, 0.25) is 0 Å². The van der Waals surface area contributed by atoms with Gasteiger partial charge < -0.3 is 25.0 Å². The number of nitrogens with zero attached hydrogens (tertiary/aromatic N) is 1. The Morgan fingerprint density at radius 2 is 1.67 bits per heavy atom. The third kappa shape index (κ3) is 8.46. The number of aryl methyl sites for hydroxylation is 1. The molecule has 0 radical (unpaired) electrons. The van der Waals surface area contributed by atoms with Gasteiger partial charge in [0.15, 0.2) is 0 Å². The van der Waals surface area contributed by atoms with Gasteiger partial charge in [-0.15, -0.1) is 0 Å². The van der Waals surface area contributed by atoms with Gasteiger partial charge in [-0.3, -0.25) is 0 Å². The number of carbonyl (C=O) groups is 1. The number of esters is 1. The van der Waals surface area contributed by atoms with Crippen LogP contribution in [-0.4, -0.2) is 29.8 Å². The lowest BCUT2D eigenvalue weighted by molar-refractivity contribution is 0.0194. The smallest absolute Gasteiger partial charge is 0.377 e. The second-order valence-electron chi connectivity index (χ2n) is 9.20. The van der Waals surface area contributed by atoms with Crippen LogP contribution in [0.5, 0.6) is 5.88 Å². The Morgan fingerprint density at radius 3 is 2.41 bits per heavy atom. The average molecular weight is 536 g/mol. The van der Waals surface area contributed by atoms with E-state index in [4.69, 9.17) is 19.7 Å². The topological polar surface area (TPSA) is 99.6 Å². The molecule has 0 fully saturated rings. The molecule has 0 saturated carbocycles. The van der Waals surface area contributed by atoms with E-state index in [1.54, 1.807) is 0 Å². The highest BCUT2D eigenvalue weighted by Crippen LogP contribution is 2.17. The molecule has 3 N–H and O–H groups in total. The maximum absolute atomic E-state index is 13.7. The lowest BCUT2D eigenvalue weighted by atomic mass is 10.0. The molecule has 0 aliphatic rings. The molecule has 0 bridgehead atoms. The van der Waals surface area contributed by atoms with Crippen molar-refractivity contribution in [3.8, 4) is 5.88 Å². The molecule has 3 aromatic carbocycles. The maximum Gasteiger partial charge on any atom is 0.377 e. The Balaban J connectivity index is 1.41. The molecule has 4 rings (SSSR count). The first kappa shape index (κ1) is 27.9. The summed E-state index contributed by atoms with van der Waals surface area (Å²) in [6.07, 6.45) is 0.163. The van der Waals surface area contributed by atoms with E-state index in [9.17, 15) is 13.6 Å². The summed E-state index contributed by atoms with van der Waals surface area (Å²) in [6, 6.07) is 21.4. The van der Waals surface area contributed by atoms with Crippen molar-refractivity contribution in [2.75, 3.05) is 6.54 Å². The molecule has 0 aliphatic carbocycles. The molecule has 0 amide bonds. The summed E-state index contributed by atoms with van der Waals surface area (Å²) in [7, 11) is 0. The number of carbonyl (C=O) groups excluding carboxylic acids is 1. The third-order valence-electron chi connectivity index (χ3n) is 6.12. The van der Waals surface area contributed by atoms with Gasteiger partial charge in [0.25, 0.3) is 5.88 Å². The van der Waals surface area contributed by atoms with Crippen LogP contribution in [0.15, 0.2) is 83.4 Å². The fraction of sp³-hybridized carbons (Fsp3) is 0.267. The van der Waals surface area contributed by atoms with Gasteiger partial charge in [0.05, 0.1) is 6.07 Å². The van der Waals surface area contributed by atoms with Crippen LogP contribution in [0, 0.1) is 11.6 Å². The highest BCUT2D eigenvalue weighted by atomic mass is 19.1. The number of aromatic nitrogens is 1. The lowest BCUT2D eigenvalue weighted by Crippen LogP contribution is -2.46. The fourth-order valence-electron chi connectivity index (χ4n) is 4.08. The van der Waals surface area contributed by atoms with Gasteiger partial charge >= 0.3 is 5.97 Å². The zero-order valence-corrected chi connectivity index (χ0v) is 21.6. The van der Waals surface area contributed by atoms with Crippen molar-refractivity contribution >= 4 is 5.97 Å². The van der Waals surface area contributed by atoms with Crippen LogP contribution < -0.4 is 15.8 Å². The quantitative estimate of drug-likeness (QED) is 0.233. The Bertz CT molecular complexity index is 1340. The van der Waals surface area contributed by atoms with E-state index < -0.39 is 29.7 Å². The summed E-state index contributed by atoms with van der Waals surface area (Å²) in [5, 5.41) is 7.05. The van der Waals surface area contributed by atoms with Crippen molar-refractivity contribution in [1.29, 1.82) is 0 Å². The second-order valence-corrected chi connectivity index (χ2v) is 9.20. The first-order chi connectivity index (χ1) is 18.9. The minimum absolute atomic E-state index is 0.0848. The Kier molecular flexibility index (Phi) is 9.77. The van der Waals surface area contributed by atoms with Crippen LogP contribution in [0.25, 0.3) is 0 Å². The Labute approximate surface area is 225 Å². The van der Waals surface area contributed by atoms with Crippen molar-refractivity contribution in [3.05, 3.63) is 119 Å². The number of nitrogens with one attached hydrogen (secondary N) is 1. The number of benzene rings is 3. The molecule has 2 unspecified atom stereocenters. The minimum atomic E-state index is -0.836. The summed E-state index contributed by atoms with van der Waals surface area (Å²) >= 11 is 0. The minimum Gasteiger partial charge on any atom is -0.471 e. The van der Waals surface area contributed by atoms with Crippen LogP contribution in [0.4, 0.5) is 8.78 Å². The highest BCUT2D eigenvalue weighted by molar-refractivity contribution is 5.86. The van der Waals surface area contributed by atoms with Gasteiger partial charge in [0.2, 0.25) is 5.76 Å². The predicted molar refractivity (Wildman–Crippen MR) is 142 cm³/mol. The van der Waals surface area contributed by atoms with Crippen LogP contribution >= 0.6 is 0 Å². The number of hydrogen-bond donors (Lipinski definition) is 2. The number of nitrogens with two attached hydrogens (primary N) is 1. The average Bonchev–Trinajstić information content (AvgIpc) is 3.41. The monoisotopic (exact) mass is 535 g/mol. The summed E-state index contributed by atoms with van der Waals surface area (Å²) in [5.41, 5.74) is 9.94. The zero-order chi connectivity index (χ0) is 27.6. The molecule has 7 nitrogen and oxygen atoms in total. The van der Waals surface area contributed by atoms with Crippen molar-refractivity contribution in [1.82, 2.24) is 10.5 Å². The van der Waals surface area contributed by atoms with E-state index in [2.05, 4.69) is 29.5 Å². The number of rotatable bonds is 13. The van der Waals surface area contributed by atoms with Crippen molar-refractivity contribution < 1.29 is 27.6 Å². The largest absolute Gasteiger partial charge is 0.471 e. The molecule has 1 aromatic heterocycles. The molecule has 4 aromatic rings. The highest BCUT2D eigenvalue weighted by Gasteiger charge is 2.26. The SMILES string of the molecule is CCc1cccc(CNCC(OC(=O)c2cc(OCc3ccccc3)no2)C(N)Cc2cc(F)cc(F)c2)c1. The summed E-state index contributed by atoms with van der Waals surface area (Å²) in [6.45, 7) is 3.05. The van der Waals surface area contributed by atoms with Crippen LogP contribution in [0.1, 0.15) is 39.7 Å². The van der Waals surface area contributed by atoms with Gasteiger partial charge in [-0.1, -0.05) is 61.5 Å². The summed E-state index contributed by atoms with van der Waals surface area (Å²) in [4.78, 5) is 12.9. The number of hydrogen-bond acceptors (Lipinski definition) is 7. The first-order valence-corrected chi connectivity index (χ1v) is 12.7. The van der Waals surface area contributed by atoms with Gasteiger partial charge in [-0.2, -0.15) is 0 Å². The van der Waals surface area contributed by atoms with Gasteiger partial charge in [-0.05, 0) is 52.4 Å². The van der Waals surface area contributed by atoms with Crippen LogP contribution in [0.3, 0.4) is 0 Å². The molecule has 0 aliphatic heterocycles. The Hall–Kier alpha value is -4.08. The van der Waals surface area contributed by atoms with E-state index in [1.165, 1.54) is 23.8 Å². The molecular formula is C30H31F2N3O4. The summed E-state index contributed by atoms with van der Waals surface area (Å²) in [5.74, 6) is -2.20. The van der Waals surface area contributed by atoms with E-state index >= 15 is 0 Å². The molecule has 0 saturated heterocycles. The van der Waals surface area contributed by atoms with E-state index in [-0.39, 0.29) is 31.2 Å². The van der Waals surface area contributed by atoms with Gasteiger partial charge in [0, 0.05) is 25.2 Å². The van der Waals surface area contributed by atoms with Crippen LogP contribution in [-0.2, 0) is 30.7 Å². The molecule has 204 valence electrons. The molecular weight excluding hydrogens is 504 g/mol. The van der Waals surface area contributed by atoms with Crippen molar-refractivity contribution in [2.45, 2.75) is 45.1 Å². The third-order valence-corrected chi connectivity index (χ3v) is 6.12. The molecule has 9 heteroatoms. The van der Waals surface area contributed by atoms with E-state index in [0.717, 1.165) is 23.6 Å². The van der Waals surface area contributed by atoms with Crippen molar-refractivity contribution in [2.24, 2.45) is 5.73 Å². The predicted octanol–water partition coefficient (Wildman–Crippen LogP) is 4.98. The zero-order valence-electron chi connectivity index (χ0n) is 21.6. The lowest BCUT2D eigenvalue weighted by Gasteiger charge is -2.24. The number of ether oxygens (including phenoxy) is 2.